The van der Waals surface area contributed by atoms with Gasteiger partial charge in [0.15, 0.2) is 0 Å². The first kappa shape index (κ1) is 25.7. The molecule has 43 heavy (non-hydrogen) atoms. The Labute approximate surface area is 260 Å². The Kier molecular flexibility index (Phi) is 6.39. The third-order valence-electron chi connectivity index (χ3n) is 8.50. The number of hydrogen-bond acceptors (Lipinski definition) is 0. The van der Waals surface area contributed by atoms with E-state index in [2.05, 4.69) is 180 Å². The Morgan fingerprint density at radius 1 is 0.256 bits per heavy atom. The van der Waals surface area contributed by atoms with Gasteiger partial charge in [0.05, 0.1) is 0 Å². The molecule has 0 radical (unpaired) electrons. The van der Waals surface area contributed by atoms with Crippen molar-refractivity contribution in [2.45, 2.75) is 0 Å². The average molecular weight is 612 g/mol. The summed E-state index contributed by atoms with van der Waals surface area (Å²) in [7, 11) is 0. The van der Waals surface area contributed by atoms with Gasteiger partial charge in [0.1, 0.15) is 0 Å². The van der Waals surface area contributed by atoms with E-state index in [1.807, 2.05) is 0 Å². The molecule has 0 bridgehead atoms. The summed E-state index contributed by atoms with van der Waals surface area (Å²) in [6.07, 6.45) is 0. The van der Waals surface area contributed by atoms with Gasteiger partial charge in [0, 0.05) is 4.47 Å². The van der Waals surface area contributed by atoms with Crippen molar-refractivity contribution in [1.29, 1.82) is 0 Å². The predicted octanol–water partition coefficient (Wildman–Crippen LogP) is 12.6. The summed E-state index contributed by atoms with van der Waals surface area (Å²) < 4.78 is 1.10. The van der Waals surface area contributed by atoms with Gasteiger partial charge in [-0.15, -0.1) is 0 Å². The van der Waals surface area contributed by atoms with E-state index in [9.17, 15) is 0 Å². The van der Waals surface area contributed by atoms with E-state index in [4.69, 9.17) is 0 Å². The van der Waals surface area contributed by atoms with Crippen LogP contribution in [0.4, 0.5) is 0 Å². The molecule has 0 spiro atoms. The minimum Gasteiger partial charge on any atom is -0.0622 e. The van der Waals surface area contributed by atoms with Gasteiger partial charge in [-0.25, -0.2) is 0 Å². The fraction of sp³-hybridized carbons (Fsp3) is 0. The van der Waals surface area contributed by atoms with E-state index >= 15 is 0 Å². The topological polar surface area (TPSA) is 0 Å². The SMILES string of the molecule is Brc1ccccc1-c1cc2c3ccccc3c(-c3cc(-c4ccccc4)cc(-c4ccccc4)c3)cc2c2ccccc12. The largest absolute Gasteiger partial charge is 0.0622 e. The summed E-state index contributed by atoms with van der Waals surface area (Å²) in [5.74, 6) is 0. The maximum atomic E-state index is 3.83. The maximum absolute atomic E-state index is 3.83. The highest BCUT2D eigenvalue weighted by molar-refractivity contribution is 9.10. The number of halogens is 1. The molecule has 0 aliphatic heterocycles. The van der Waals surface area contributed by atoms with Crippen molar-refractivity contribution in [3.05, 3.63) is 168 Å². The van der Waals surface area contributed by atoms with Crippen molar-refractivity contribution >= 4 is 48.2 Å². The van der Waals surface area contributed by atoms with Crippen LogP contribution in [0.3, 0.4) is 0 Å². The monoisotopic (exact) mass is 610 g/mol. The first-order valence-electron chi connectivity index (χ1n) is 14.6. The summed E-state index contributed by atoms with van der Waals surface area (Å²) >= 11 is 3.83. The molecule has 8 aromatic carbocycles. The fourth-order valence-corrected chi connectivity index (χ4v) is 6.97. The molecule has 0 fully saturated rings. The summed E-state index contributed by atoms with van der Waals surface area (Å²) in [5.41, 5.74) is 9.78. The molecule has 0 amide bonds. The third kappa shape index (κ3) is 4.54. The molecule has 0 atom stereocenters. The molecular formula is C42H27Br. The molecule has 0 aliphatic carbocycles. The summed E-state index contributed by atoms with van der Waals surface area (Å²) in [6, 6.07) is 59.5. The lowest BCUT2D eigenvalue weighted by Gasteiger charge is -2.18. The lowest BCUT2D eigenvalue weighted by atomic mass is 9.86. The van der Waals surface area contributed by atoms with Gasteiger partial charge in [-0.1, -0.05) is 143 Å². The maximum Gasteiger partial charge on any atom is 0.0253 e. The Morgan fingerprint density at radius 2 is 0.674 bits per heavy atom. The standard InChI is InChI=1S/C42H27Br/c43-42-22-12-11-21-37(42)39-27-41-34-18-8-7-17-33(34)38(26-40(41)36-20-10-9-19-35(36)39)32-24-30(28-13-3-1-4-14-28)23-31(25-32)29-15-5-2-6-16-29/h1-27H. The number of fused-ring (bicyclic) bond motifs is 5. The van der Waals surface area contributed by atoms with Crippen LogP contribution in [0.15, 0.2) is 168 Å². The van der Waals surface area contributed by atoms with Crippen LogP contribution in [-0.2, 0) is 0 Å². The van der Waals surface area contributed by atoms with Crippen LogP contribution in [-0.4, -0.2) is 0 Å². The summed E-state index contributed by atoms with van der Waals surface area (Å²) in [4.78, 5) is 0. The van der Waals surface area contributed by atoms with Crippen LogP contribution in [0.1, 0.15) is 0 Å². The summed E-state index contributed by atoms with van der Waals surface area (Å²) in [6.45, 7) is 0. The third-order valence-corrected chi connectivity index (χ3v) is 9.20. The van der Waals surface area contributed by atoms with Crippen molar-refractivity contribution in [3.63, 3.8) is 0 Å². The van der Waals surface area contributed by atoms with E-state index in [-0.39, 0.29) is 0 Å². The van der Waals surface area contributed by atoms with Crippen LogP contribution < -0.4 is 0 Å². The van der Waals surface area contributed by atoms with Crippen molar-refractivity contribution in [1.82, 2.24) is 0 Å². The molecule has 0 saturated heterocycles. The molecule has 0 unspecified atom stereocenters. The van der Waals surface area contributed by atoms with Gasteiger partial charge in [0.25, 0.3) is 0 Å². The molecule has 0 saturated carbocycles. The predicted molar refractivity (Wildman–Crippen MR) is 188 cm³/mol. The molecule has 0 nitrogen and oxygen atoms in total. The molecule has 202 valence electrons. The van der Waals surface area contributed by atoms with E-state index in [1.54, 1.807) is 0 Å². The van der Waals surface area contributed by atoms with E-state index in [0.29, 0.717) is 0 Å². The Bertz CT molecular complexity index is 2220. The minimum atomic E-state index is 1.10. The molecule has 0 aromatic heterocycles. The van der Waals surface area contributed by atoms with Gasteiger partial charge < -0.3 is 0 Å². The van der Waals surface area contributed by atoms with Gasteiger partial charge in [-0.3, -0.25) is 0 Å². The lowest BCUT2D eigenvalue weighted by molar-refractivity contribution is 1.58. The van der Waals surface area contributed by atoms with Crippen LogP contribution in [0.2, 0.25) is 0 Å². The number of benzene rings is 8. The summed E-state index contributed by atoms with van der Waals surface area (Å²) in [5, 5.41) is 7.58. The second-order valence-electron chi connectivity index (χ2n) is 11.0. The lowest BCUT2D eigenvalue weighted by Crippen LogP contribution is -1.91. The van der Waals surface area contributed by atoms with Crippen molar-refractivity contribution in [3.8, 4) is 44.5 Å². The zero-order valence-electron chi connectivity index (χ0n) is 23.5. The Balaban J connectivity index is 1.47. The highest BCUT2D eigenvalue weighted by Gasteiger charge is 2.16. The highest BCUT2D eigenvalue weighted by atomic mass is 79.9. The van der Waals surface area contributed by atoms with E-state index in [1.165, 1.54) is 76.8 Å². The Morgan fingerprint density at radius 3 is 1.23 bits per heavy atom. The van der Waals surface area contributed by atoms with Crippen LogP contribution >= 0.6 is 15.9 Å². The van der Waals surface area contributed by atoms with Crippen molar-refractivity contribution in [2.24, 2.45) is 0 Å². The molecule has 0 aliphatic rings. The first-order valence-corrected chi connectivity index (χ1v) is 15.4. The molecule has 8 aromatic rings. The van der Waals surface area contributed by atoms with Crippen LogP contribution in [0.5, 0.6) is 0 Å². The van der Waals surface area contributed by atoms with E-state index in [0.717, 1.165) is 4.47 Å². The second-order valence-corrected chi connectivity index (χ2v) is 11.9. The van der Waals surface area contributed by atoms with Gasteiger partial charge in [-0.05, 0) is 113 Å². The van der Waals surface area contributed by atoms with Gasteiger partial charge >= 0.3 is 0 Å². The van der Waals surface area contributed by atoms with Crippen LogP contribution in [0, 0.1) is 0 Å². The van der Waals surface area contributed by atoms with Crippen molar-refractivity contribution in [2.75, 3.05) is 0 Å². The van der Waals surface area contributed by atoms with Crippen LogP contribution in [0.25, 0.3) is 76.8 Å². The first-order chi connectivity index (χ1) is 21.2. The van der Waals surface area contributed by atoms with Gasteiger partial charge in [0.2, 0.25) is 0 Å². The number of hydrogen-bond donors (Lipinski definition) is 0. The van der Waals surface area contributed by atoms with E-state index < -0.39 is 0 Å². The quantitative estimate of drug-likeness (QED) is 0.174. The van der Waals surface area contributed by atoms with Crippen molar-refractivity contribution < 1.29 is 0 Å². The zero-order valence-corrected chi connectivity index (χ0v) is 25.1. The minimum absolute atomic E-state index is 1.10. The molecule has 0 N–H and O–H groups in total. The fourth-order valence-electron chi connectivity index (χ4n) is 6.47. The zero-order chi connectivity index (χ0) is 28.8. The Hall–Kier alpha value is -4.98. The molecule has 8 rings (SSSR count). The number of rotatable bonds is 4. The normalized spacial score (nSPS) is 11.4. The smallest absolute Gasteiger partial charge is 0.0253 e. The highest BCUT2D eigenvalue weighted by Crippen LogP contribution is 2.44. The molecule has 0 heterocycles. The van der Waals surface area contributed by atoms with Gasteiger partial charge in [-0.2, -0.15) is 0 Å². The average Bonchev–Trinajstić information content (AvgIpc) is 3.08. The molecule has 1 heteroatoms. The second kappa shape index (κ2) is 10.7. The molecular weight excluding hydrogens is 584 g/mol.